The van der Waals surface area contributed by atoms with Gasteiger partial charge < -0.3 is 4.79 Å². The molecule has 0 saturated carbocycles. The number of benzene rings is 2. The number of rotatable bonds is 4. The third kappa shape index (κ3) is 2.91. The lowest BCUT2D eigenvalue weighted by Gasteiger charge is -2.05. The number of carbonyl (C=O) groups excluding carboxylic acids is 1. The lowest BCUT2D eigenvalue weighted by atomic mass is 9.99. The van der Waals surface area contributed by atoms with Crippen molar-refractivity contribution in [3.8, 4) is 11.1 Å². The van der Waals surface area contributed by atoms with Crippen molar-refractivity contribution in [1.29, 1.82) is 0 Å². The van der Waals surface area contributed by atoms with Gasteiger partial charge in [0.25, 0.3) is 0 Å². The molecule has 0 aliphatic heterocycles. The normalized spacial score (nSPS) is 10.6. The fraction of sp³-hybridized carbons (Fsp3) is 0.0625. The van der Waals surface area contributed by atoms with E-state index in [9.17, 15) is 4.79 Å². The molecule has 0 aromatic heterocycles. The van der Waals surface area contributed by atoms with Gasteiger partial charge in [0.1, 0.15) is 6.29 Å². The Morgan fingerprint density at radius 1 is 0.882 bits per heavy atom. The highest BCUT2D eigenvalue weighted by atomic mass is 16.1. The second-order valence-electron chi connectivity index (χ2n) is 3.76. The topological polar surface area (TPSA) is 17.1 Å². The molecule has 0 unspecified atom stereocenters. The first-order valence-corrected chi connectivity index (χ1v) is 5.66. The molecule has 1 nitrogen and oxygen atoms in total. The summed E-state index contributed by atoms with van der Waals surface area (Å²) in [5, 5.41) is 0. The van der Waals surface area contributed by atoms with E-state index in [0.29, 0.717) is 6.42 Å². The Labute approximate surface area is 101 Å². The minimum absolute atomic E-state index is 0.461. The summed E-state index contributed by atoms with van der Waals surface area (Å²) in [6, 6.07) is 18.4. The van der Waals surface area contributed by atoms with Gasteiger partial charge in [-0.3, -0.25) is 0 Å². The van der Waals surface area contributed by atoms with Crippen LogP contribution in [0.15, 0.2) is 60.7 Å². The van der Waals surface area contributed by atoms with Crippen LogP contribution in [-0.2, 0) is 4.79 Å². The van der Waals surface area contributed by atoms with Crippen molar-refractivity contribution in [2.24, 2.45) is 0 Å². The van der Waals surface area contributed by atoms with Crippen LogP contribution >= 0.6 is 0 Å². The molecule has 0 spiro atoms. The second kappa shape index (κ2) is 5.80. The Hall–Kier alpha value is -2.15. The van der Waals surface area contributed by atoms with Gasteiger partial charge in [-0.2, -0.15) is 0 Å². The molecular formula is C16H14O. The van der Waals surface area contributed by atoms with E-state index in [4.69, 9.17) is 0 Å². The molecule has 17 heavy (non-hydrogen) atoms. The molecule has 0 fully saturated rings. The Balaban J connectivity index is 2.37. The van der Waals surface area contributed by atoms with Gasteiger partial charge in [0, 0.05) is 6.42 Å². The maximum atomic E-state index is 10.3. The van der Waals surface area contributed by atoms with Crippen LogP contribution in [0.5, 0.6) is 0 Å². The minimum atomic E-state index is 0.461. The van der Waals surface area contributed by atoms with Gasteiger partial charge in [0.2, 0.25) is 0 Å². The van der Waals surface area contributed by atoms with E-state index in [1.807, 2.05) is 42.5 Å². The minimum Gasteiger partial charge on any atom is -0.303 e. The SMILES string of the molecule is O=CCC=Cc1ccccc1-c1ccccc1. The molecule has 0 N–H and O–H groups in total. The molecule has 2 aromatic rings. The van der Waals surface area contributed by atoms with Gasteiger partial charge in [-0.15, -0.1) is 0 Å². The van der Waals surface area contributed by atoms with Gasteiger partial charge >= 0.3 is 0 Å². The first kappa shape index (κ1) is 11.3. The van der Waals surface area contributed by atoms with Crippen LogP contribution in [0.3, 0.4) is 0 Å². The molecule has 84 valence electrons. The van der Waals surface area contributed by atoms with Gasteiger partial charge in [0.05, 0.1) is 0 Å². The highest BCUT2D eigenvalue weighted by Crippen LogP contribution is 2.24. The Kier molecular flexibility index (Phi) is 3.87. The van der Waals surface area contributed by atoms with Crippen LogP contribution in [0.2, 0.25) is 0 Å². The summed E-state index contributed by atoms with van der Waals surface area (Å²) in [5.74, 6) is 0. The van der Waals surface area contributed by atoms with Crippen molar-refractivity contribution in [3.63, 3.8) is 0 Å². The predicted molar refractivity (Wildman–Crippen MR) is 71.6 cm³/mol. The number of hydrogen-bond acceptors (Lipinski definition) is 1. The Bertz CT molecular complexity index is 512. The standard InChI is InChI=1S/C16H14O/c17-13-7-6-11-15-10-4-5-12-16(15)14-8-2-1-3-9-14/h1-6,8-13H,7H2. The van der Waals surface area contributed by atoms with Crippen molar-refractivity contribution in [2.75, 3.05) is 0 Å². The van der Waals surface area contributed by atoms with E-state index in [-0.39, 0.29) is 0 Å². The molecule has 0 saturated heterocycles. The highest BCUT2D eigenvalue weighted by molar-refractivity contribution is 5.75. The third-order valence-electron chi connectivity index (χ3n) is 2.58. The summed E-state index contributed by atoms with van der Waals surface area (Å²) >= 11 is 0. The lowest BCUT2D eigenvalue weighted by molar-refractivity contribution is -0.107. The zero-order valence-electron chi connectivity index (χ0n) is 9.54. The monoisotopic (exact) mass is 222 g/mol. The first-order chi connectivity index (χ1) is 8.42. The van der Waals surface area contributed by atoms with Crippen LogP contribution in [0, 0.1) is 0 Å². The van der Waals surface area contributed by atoms with E-state index >= 15 is 0 Å². The quantitative estimate of drug-likeness (QED) is 0.716. The molecule has 0 aliphatic carbocycles. The van der Waals surface area contributed by atoms with Crippen molar-refractivity contribution in [2.45, 2.75) is 6.42 Å². The van der Waals surface area contributed by atoms with Crippen molar-refractivity contribution >= 4 is 12.4 Å². The van der Waals surface area contributed by atoms with E-state index in [1.165, 1.54) is 11.1 Å². The molecule has 0 radical (unpaired) electrons. The van der Waals surface area contributed by atoms with Gasteiger partial charge in [-0.1, -0.05) is 66.7 Å². The summed E-state index contributed by atoms with van der Waals surface area (Å²) in [5.41, 5.74) is 3.52. The average Bonchev–Trinajstić information content (AvgIpc) is 2.41. The number of carbonyl (C=O) groups is 1. The maximum Gasteiger partial charge on any atom is 0.123 e. The number of allylic oxidation sites excluding steroid dienone is 1. The highest BCUT2D eigenvalue weighted by Gasteiger charge is 2.00. The second-order valence-corrected chi connectivity index (χ2v) is 3.76. The van der Waals surface area contributed by atoms with Gasteiger partial charge in [-0.25, -0.2) is 0 Å². The van der Waals surface area contributed by atoms with Crippen LogP contribution in [0.1, 0.15) is 12.0 Å². The van der Waals surface area contributed by atoms with E-state index in [1.54, 1.807) is 0 Å². The Morgan fingerprint density at radius 2 is 1.59 bits per heavy atom. The van der Waals surface area contributed by atoms with Crippen molar-refractivity contribution in [1.82, 2.24) is 0 Å². The summed E-state index contributed by atoms with van der Waals surface area (Å²) < 4.78 is 0. The Morgan fingerprint density at radius 3 is 2.35 bits per heavy atom. The van der Waals surface area contributed by atoms with Crippen LogP contribution in [0.25, 0.3) is 17.2 Å². The summed E-state index contributed by atoms with van der Waals surface area (Å²) in [6.45, 7) is 0. The molecule has 2 aromatic carbocycles. The van der Waals surface area contributed by atoms with Crippen LogP contribution < -0.4 is 0 Å². The summed E-state index contributed by atoms with van der Waals surface area (Å²) in [6.07, 6.45) is 5.25. The first-order valence-electron chi connectivity index (χ1n) is 5.66. The van der Waals surface area contributed by atoms with E-state index < -0.39 is 0 Å². The number of hydrogen-bond donors (Lipinski definition) is 0. The smallest absolute Gasteiger partial charge is 0.123 e. The van der Waals surface area contributed by atoms with E-state index in [0.717, 1.165) is 11.8 Å². The number of aldehydes is 1. The van der Waals surface area contributed by atoms with Crippen molar-refractivity contribution < 1.29 is 4.79 Å². The molecule has 0 heterocycles. The van der Waals surface area contributed by atoms with Gasteiger partial charge in [0.15, 0.2) is 0 Å². The average molecular weight is 222 g/mol. The molecular weight excluding hydrogens is 208 g/mol. The fourth-order valence-electron chi connectivity index (χ4n) is 1.77. The largest absolute Gasteiger partial charge is 0.303 e. The molecule has 1 heteroatoms. The van der Waals surface area contributed by atoms with Crippen LogP contribution in [0.4, 0.5) is 0 Å². The van der Waals surface area contributed by atoms with Crippen LogP contribution in [-0.4, -0.2) is 6.29 Å². The van der Waals surface area contributed by atoms with E-state index in [2.05, 4.69) is 24.3 Å². The fourth-order valence-corrected chi connectivity index (χ4v) is 1.77. The third-order valence-corrected chi connectivity index (χ3v) is 2.58. The zero-order valence-corrected chi connectivity index (χ0v) is 9.54. The predicted octanol–water partition coefficient (Wildman–Crippen LogP) is 3.96. The molecule has 2 rings (SSSR count). The summed E-state index contributed by atoms with van der Waals surface area (Å²) in [7, 11) is 0. The molecule has 0 bridgehead atoms. The molecule has 0 aliphatic rings. The van der Waals surface area contributed by atoms with Crippen molar-refractivity contribution in [3.05, 3.63) is 66.2 Å². The lowest BCUT2D eigenvalue weighted by Crippen LogP contribution is -1.82. The van der Waals surface area contributed by atoms with Gasteiger partial charge in [-0.05, 0) is 16.7 Å². The molecule has 0 amide bonds. The summed E-state index contributed by atoms with van der Waals surface area (Å²) in [4.78, 5) is 10.3. The zero-order chi connectivity index (χ0) is 11.9. The maximum absolute atomic E-state index is 10.3. The molecule has 0 atom stereocenters.